The van der Waals surface area contributed by atoms with Gasteiger partial charge in [0.2, 0.25) is 0 Å². The zero-order valence-electron chi connectivity index (χ0n) is 13.1. The van der Waals surface area contributed by atoms with Crippen molar-refractivity contribution in [2.45, 2.75) is 32.9 Å². The Hall–Kier alpha value is -1.53. The maximum Gasteiger partial charge on any atom is 0.407 e. The number of para-hydroxylation sites is 1. The van der Waals surface area contributed by atoms with Gasteiger partial charge in [0.25, 0.3) is 0 Å². The van der Waals surface area contributed by atoms with Crippen LogP contribution in [0.1, 0.15) is 26.3 Å². The van der Waals surface area contributed by atoms with E-state index in [1.165, 1.54) is 0 Å². The molecule has 1 aromatic rings. The number of alkyl carbamates (subject to hydrolysis) is 1. The topological polar surface area (TPSA) is 70.6 Å². The Morgan fingerprint density at radius 3 is 2.68 bits per heavy atom. The minimum absolute atomic E-state index is 0.255. The first-order chi connectivity index (χ1) is 10.3. The smallest absolute Gasteiger partial charge is 0.407 e. The number of rotatable bonds is 6. The highest BCUT2D eigenvalue weighted by Crippen LogP contribution is 2.26. The molecule has 0 unspecified atom stereocenters. The highest BCUT2D eigenvalue weighted by Gasteiger charge is 2.14. The van der Waals surface area contributed by atoms with Crippen LogP contribution < -0.4 is 10.6 Å². The van der Waals surface area contributed by atoms with E-state index in [0.29, 0.717) is 24.1 Å². The molecule has 0 aliphatic carbocycles. The number of amides is 1. The van der Waals surface area contributed by atoms with Crippen LogP contribution in [0.5, 0.6) is 5.75 Å². The Morgan fingerprint density at radius 1 is 1.32 bits per heavy atom. The predicted molar refractivity (Wildman–Crippen MR) is 90.9 cm³/mol. The van der Waals surface area contributed by atoms with E-state index >= 15 is 0 Å². The van der Waals surface area contributed by atoms with Gasteiger partial charge in [0, 0.05) is 25.2 Å². The van der Waals surface area contributed by atoms with E-state index in [1.807, 2.05) is 45.1 Å². The quantitative estimate of drug-likeness (QED) is 0.530. The normalized spacial score (nSPS) is 11.6. The molecular formula is C16H23BrN2O3. The lowest BCUT2D eigenvalue weighted by Crippen LogP contribution is -2.32. The molecule has 0 fully saturated rings. The molecule has 0 heterocycles. The van der Waals surface area contributed by atoms with Crippen molar-refractivity contribution < 1.29 is 14.6 Å². The zero-order chi connectivity index (χ0) is 16.6. The number of phenols is 1. The first-order valence-electron chi connectivity index (χ1n) is 7.08. The van der Waals surface area contributed by atoms with Gasteiger partial charge in [-0.2, -0.15) is 0 Å². The molecule has 5 nitrogen and oxygen atoms in total. The number of halogens is 1. The number of ether oxygens (including phenoxy) is 1. The summed E-state index contributed by atoms with van der Waals surface area (Å²) < 4.78 is 5.80. The van der Waals surface area contributed by atoms with Gasteiger partial charge in [-0.1, -0.05) is 24.3 Å². The first kappa shape index (κ1) is 18.5. The molecule has 0 aliphatic rings. The van der Waals surface area contributed by atoms with Crippen LogP contribution in [0.2, 0.25) is 0 Å². The second-order valence-electron chi connectivity index (χ2n) is 5.73. The van der Waals surface area contributed by atoms with Gasteiger partial charge in [0.1, 0.15) is 11.4 Å². The highest BCUT2D eigenvalue weighted by molar-refractivity contribution is 9.10. The van der Waals surface area contributed by atoms with Gasteiger partial charge >= 0.3 is 6.09 Å². The van der Waals surface area contributed by atoms with E-state index in [0.717, 1.165) is 5.56 Å². The van der Waals surface area contributed by atoms with Crippen molar-refractivity contribution in [2.24, 2.45) is 0 Å². The number of benzene rings is 1. The Labute approximate surface area is 139 Å². The number of aromatic hydroxyl groups is 1. The van der Waals surface area contributed by atoms with Crippen molar-refractivity contribution in [3.05, 3.63) is 40.4 Å². The average Bonchev–Trinajstić information content (AvgIpc) is 2.40. The van der Waals surface area contributed by atoms with Gasteiger partial charge in [-0.25, -0.2) is 4.79 Å². The molecule has 0 aliphatic heterocycles. The van der Waals surface area contributed by atoms with E-state index in [-0.39, 0.29) is 5.75 Å². The average molecular weight is 371 g/mol. The molecule has 3 N–H and O–H groups in total. The van der Waals surface area contributed by atoms with Crippen LogP contribution in [-0.4, -0.2) is 29.9 Å². The fraction of sp³-hybridized carbons (Fsp3) is 0.438. The number of hydrogen-bond acceptors (Lipinski definition) is 4. The third-order valence-corrected chi connectivity index (χ3v) is 3.22. The molecule has 22 heavy (non-hydrogen) atoms. The molecule has 0 spiro atoms. The molecule has 0 atom stereocenters. The summed E-state index contributed by atoms with van der Waals surface area (Å²) in [5, 5.41) is 15.7. The predicted octanol–water partition coefficient (Wildman–Crippen LogP) is 3.33. The number of nitrogens with one attached hydrogen (secondary N) is 2. The van der Waals surface area contributed by atoms with Gasteiger partial charge < -0.3 is 20.5 Å². The van der Waals surface area contributed by atoms with Gasteiger partial charge in [-0.05, 0) is 42.8 Å². The van der Waals surface area contributed by atoms with Gasteiger partial charge in [-0.15, -0.1) is 0 Å². The van der Waals surface area contributed by atoms with E-state index in [9.17, 15) is 9.90 Å². The van der Waals surface area contributed by atoms with E-state index in [1.54, 1.807) is 6.07 Å². The molecule has 0 radical (unpaired) electrons. The maximum absolute atomic E-state index is 11.4. The van der Waals surface area contributed by atoms with Crippen LogP contribution in [-0.2, 0) is 11.3 Å². The fourth-order valence-electron chi connectivity index (χ4n) is 1.62. The summed E-state index contributed by atoms with van der Waals surface area (Å²) in [4.78, 5) is 11.4. The summed E-state index contributed by atoms with van der Waals surface area (Å²) in [6.45, 7) is 7.09. The van der Waals surface area contributed by atoms with Crippen molar-refractivity contribution in [3.63, 3.8) is 0 Å². The Balaban J connectivity index is 2.19. The number of phenolic OH excluding ortho intramolecular Hbond substituents is 1. The van der Waals surface area contributed by atoms with Crippen molar-refractivity contribution in [3.8, 4) is 5.75 Å². The molecule has 0 bridgehead atoms. The van der Waals surface area contributed by atoms with Crippen molar-refractivity contribution >= 4 is 22.0 Å². The van der Waals surface area contributed by atoms with Gasteiger partial charge in [0.05, 0.1) is 4.47 Å². The largest absolute Gasteiger partial charge is 0.506 e. The lowest BCUT2D eigenvalue weighted by molar-refractivity contribution is 0.0534. The molecular weight excluding hydrogens is 348 g/mol. The third kappa shape index (κ3) is 7.47. The van der Waals surface area contributed by atoms with Crippen LogP contribution in [0.3, 0.4) is 0 Å². The minimum atomic E-state index is -0.485. The number of carbonyl (C=O) groups excluding carboxylic acids is 1. The van der Waals surface area contributed by atoms with Crippen molar-refractivity contribution in [1.82, 2.24) is 10.6 Å². The maximum atomic E-state index is 11.4. The summed E-state index contributed by atoms with van der Waals surface area (Å²) in [5.41, 5.74) is 0.344. The monoisotopic (exact) mass is 370 g/mol. The molecule has 6 heteroatoms. The lowest BCUT2D eigenvalue weighted by Gasteiger charge is -2.19. The Morgan fingerprint density at radius 2 is 2.00 bits per heavy atom. The van der Waals surface area contributed by atoms with Crippen LogP contribution in [0, 0.1) is 0 Å². The van der Waals surface area contributed by atoms with Crippen LogP contribution in [0.15, 0.2) is 34.8 Å². The molecule has 1 aromatic carbocycles. The lowest BCUT2D eigenvalue weighted by atomic mass is 10.2. The second kappa shape index (κ2) is 8.80. The summed E-state index contributed by atoms with van der Waals surface area (Å²) in [6.07, 6.45) is 3.33. The number of carbonyl (C=O) groups is 1. The van der Waals surface area contributed by atoms with Crippen LogP contribution in [0.4, 0.5) is 4.79 Å². The molecule has 0 saturated carbocycles. The first-order valence-corrected chi connectivity index (χ1v) is 7.88. The number of hydrogen-bond donors (Lipinski definition) is 3. The standard InChI is InChI=1S/C16H23BrN2O3/c1-16(2,3)22-15(21)19-10-5-4-9-18-11-12-7-6-8-13(17)14(12)20/h4-8,18,20H,9-11H2,1-3H3,(H,19,21)/b5-4+. The molecule has 0 saturated heterocycles. The third-order valence-electron chi connectivity index (χ3n) is 2.58. The van der Waals surface area contributed by atoms with Crippen molar-refractivity contribution in [1.29, 1.82) is 0 Å². The summed E-state index contributed by atoms with van der Waals surface area (Å²) in [5.74, 6) is 0.255. The molecule has 122 valence electrons. The zero-order valence-corrected chi connectivity index (χ0v) is 14.7. The molecule has 1 amide bonds. The summed E-state index contributed by atoms with van der Waals surface area (Å²) in [6, 6.07) is 5.53. The van der Waals surface area contributed by atoms with Gasteiger partial charge in [-0.3, -0.25) is 0 Å². The van der Waals surface area contributed by atoms with E-state index in [2.05, 4.69) is 26.6 Å². The van der Waals surface area contributed by atoms with Crippen molar-refractivity contribution in [2.75, 3.05) is 13.1 Å². The second-order valence-corrected chi connectivity index (χ2v) is 6.59. The fourth-order valence-corrected chi connectivity index (χ4v) is 2.02. The summed E-state index contributed by atoms with van der Waals surface area (Å²) in [7, 11) is 0. The van der Waals surface area contributed by atoms with Crippen LogP contribution in [0.25, 0.3) is 0 Å². The van der Waals surface area contributed by atoms with E-state index < -0.39 is 11.7 Å². The molecule has 0 aromatic heterocycles. The van der Waals surface area contributed by atoms with E-state index in [4.69, 9.17) is 4.74 Å². The Bertz CT molecular complexity index is 525. The Kier molecular flexibility index (Phi) is 7.41. The van der Waals surface area contributed by atoms with Crippen LogP contribution >= 0.6 is 15.9 Å². The highest BCUT2D eigenvalue weighted by atomic mass is 79.9. The van der Waals surface area contributed by atoms with Gasteiger partial charge in [0.15, 0.2) is 0 Å². The SMILES string of the molecule is CC(C)(C)OC(=O)NC/C=C/CNCc1cccc(Br)c1O. The minimum Gasteiger partial charge on any atom is -0.506 e. The molecule has 1 rings (SSSR count). The summed E-state index contributed by atoms with van der Waals surface area (Å²) >= 11 is 3.28.